The fourth-order valence-electron chi connectivity index (χ4n) is 2.01. The first-order chi connectivity index (χ1) is 12.4. The largest absolute Gasteiger partial charge is 0.452 e. The minimum absolute atomic E-state index is 0.339. The van der Waals surface area contributed by atoms with Crippen LogP contribution in [0.4, 0.5) is 5.69 Å². The molecule has 0 aliphatic carbocycles. The summed E-state index contributed by atoms with van der Waals surface area (Å²) >= 11 is 7.15. The van der Waals surface area contributed by atoms with Crippen molar-refractivity contribution in [3.63, 3.8) is 0 Å². The summed E-state index contributed by atoms with van der Waals surface area (Å²) in [5, 5.41) is 11.8. The zero-order valence-corrected chi connectivity index (χ0v) is 15.8. The number of rotatable bonds is 6. The van der Waals surface area contributed by atoms with Crippen LogP contribution in [0.1, 0.15) is 19.4 Å². The summed E-state index contributed by atoms with van der Waals surface area (Å²) in [6.45, 7) is 3.19. The van der Waals surface area contributed by atoms with Crippen molar-refractivity contribution < 1.29 is 14.3 Å². The molecule has 134 valence electrons. The fourth-order valence-corrected chi connectivity index (χ4v) is 2.99. The highest BCUT2D eigenvalue weighted by Gasteiger charge is 2.23. The molecule has 26 heavy (non-hydrogen) atoms. The molecule has 0 bridgehead atoms. The van der Waals surface area contributed by atoms with E-state index in [1.54, 1.807) is 43.3 Å². The van der Waals surface area contributed by atoms with Gasteiger partial charge in [-0.2, -0.15) is 5.26 Å². The number of nitriles is 1. The number of benzene rings is 2. The van der Waals surface area contributed by atoms with Gasteiger partial charge in [-0.1, -0.05) is 23.7 Å². The Bertz CT molecular complexity index is 833. The third kappa shape index (κ3) is 5.51. The average molecular weight is 389 g/mol. The van der Waals surface area contributed by atoms with Crippen LogP contribution in [0.3, 0.4) is 0 Å². The Kier molecular flexibility index (Phi) is 7.07. The third-order valence-electron chi connectivity index (χ3n) is 3.43. The third-order valence-corrected chi connectivity index (χ3v) is 4.77. The molecular weight excluding hydrogens is 372 g/mol. The number of halogens is 1. The number of hydrogen-bond donors (Lipinski definition) is 1. The molecule has 0 heterocycles. The number of para-hydroxylation sites is 1. The van der Waals surface area contributed by atoms with Crippen LogP contribution in [0, 0.1) is 11.3 Å². The number of anilines is 1. The number of esters is 1. The van der Waals surface area contributed by atoms with Crippen molar-refractivity contribution in [1.29, 1.82) is 5.26 Å². The van der Waals surface area contributed by atoms with Gasteiger partial charge in [0.05, 0.1) is 11.3 Å². The molecule has 0 aliphatic heterocycles. The smallest absolute Gasteiger partial charge is 0.319 e. The van der Waals surface area contributed by atoms with Gasteiger partial charge in [0.2, 0.25) is 0 Å². The number of nitrogens with zero attached hydrogens (tertiary/aromatic N) is 1. The summed E-state index contributed by atoms with van der Waals surface area (Å²) in [6.07, 6.45) is -0.984. The van der Waals surface area contributed by atoms with Crippen molar-refractivity contribution in [2.45, 2.75) is 30.1 Å². The molecule has 7 heteroatoms. The van der Waals surface area contributed by atoms with Crippen LogP contribution >= 0.6 is 23.4 Å². The van der Waals surface area contributed by atoms with Gasteiger partial charge in [0.25, 0.3) is 5.91 Å². The van der Waals surface area contributed by atoms with E-state index in [-0.39, 0.29) is 0 Å². The molecule has 2 aromatic carbocycles. The maximum absolute atomic E-state index is 12.2. The maximum atomic E-state index is 12.2. The van der Waals surface area contributed by atoms with E-state index in [2.05, 4.69) is 5.32 Å². The van der Waals surface area contributed by atoms with Crippen LogP contribution in [-0.4, -0.2) is 23.2 Å². The maximum Gasteiger partial charge on any atom is 0.319 e. The molecule has 0 aromatic heterocycles. The second-order valence-electron chi connectivity index (χ2n) is 5.44. The van der Waals surface area contributed by atoms with E-state index < -0.39 is 23.2 Å². The van der Waals surface area contributed by atoms with Crippen molar-refractivity contribution in [2.24, 2.45) is 0 Å². The standard InChI is InChI=1S/C19H17ClN2O3S/c1-12(18(23)22-17-6-4-3-5-14(17)11-21)25-19(24)13(2)26-16-9-7-15(20)8-10-16/h3-10,12-13H,1-2H3,(H,22,23)/t12-,13-/m1/s1. The highest BCUT2D eigenvalue weighted by atomic mass is 35.5. The van der Waals surface area contributed by atoms with E-state index in [1.165, 1.54) is 18.7 Å². The average Bonchev–Trinajstić information content (AvgIpc) is 2.63. The zero-order chi connectivity index (χ0) is 19.1. The summed E-state index contributed by atoms with van der Waals surface area (Å²) in [6, 6.07) is 15.7. The fraction of sp³-hybridized carbons (Fsp3) is 0.211. The monoisotopic (exact) mass is 388 g/mol. The number of nitrogens with one attached hydrogen (secondary N) is 1. The normalized spacial score (nSPS) is 12.5. The lowest BCUT2D eigenvalue weighted by molar-refractivity contribution is -0.152. The first-order valence-electron chi connectivity index (χ1n) is 7.83. The second-order valence-corrected chi connectivity index (χ2v) is 7.29. The molecule has 5 nitrogen and oxygen atoms in total. The van der Waals surface area contributed by atoms with Gasteiger partial charge in [0.1, 0.15) is 11.3 Å². The summed E-state index contributed by atoms with van der Waals surface area (Å²) in [5.41, 5.74) is 0.720. The number of carbonyl (C=O) groups excluding carboxylic acids is 2. The summed E-state index contributed by atoms with van der Waals surface area (Å²) in [5.74, 6) is -0.995. The molecule has 2 atom stereocenters. The van der Waals surface area contributed by atoms with Crippen LogP contribution in [-0.2, 0) is 14.3 Å². The predicted octanol–water partition coefficient (Wildman–Crippen LogP) is 4.26. The molecular formula is C19H17ClN2O3S. The molecule has 2 aromatic rings. The van der Waals surface area contributed by atoms with Crippen molar-refractivity contribution in [3.05, 3.63) is 59.1 Å². The quantitative estimate of drug-likeness (QED) is 0.590. The number of hydrogen-bond acceptors (Lipinski definition) is 5. The van der Waals surface area contributed by atoms with Gasteiger partial charge < -0.3 is 10.1 Å². The minimum Gasteiger partial charge on any atom is -0.452 e. The number of thioether (sulfide) groups is 1. The van der Waals surface area contributed by atoms with E-state index in [4.69, 9.17) is 21.6 Å². The van der Waals surface area contributed by atoms with E-state index in [1.807, 2.05) is 18.2 Å². The highest BCUT2D eigenvalue weighted by molar-refractivity contribution is 8.00. The van der Waals surface area contributed by atoms with Crippen LogP contribution in [0.2, 0.25) is 5.02 Å². The van der Waals surface area contributed by atoms with Gasteiger partial charge >= 0.3 is 5.97 Å². The molecule has 1 amide bonds. The highest BCUT2D eigenvalue weighted by Crippen LogP contribution is 2.25. The second kappa shape index (κ2) is 9.27. The van der Waals surface area contributed by atoms with Crippen LogP contribution < -0.4 is 5.32 Å². The summed E-state index contributed by atoms with van der Waals surface area (Å²) in [4.78, 5) is 25.3. The molecule has 1 N–H and O–H groups in total. The van der Waals surface area contributed by atoms with Crippen molar-refractivity contribution in [2.75, 3.05) is 5.32 Å². The van der Waals surface area contributed by atoms with Gasteiger partial charge in [-0.25, -0.2) is 0 Å². The number of carbonyl (C=O) groups is 2. The minimum atomic E-state index is -0.984. The van der Waals surface area contributed by atoms with Crippen molar-refractivity contribution >= 4 is 40.9 Å². The van der Waals surface area contributed by atoms with Gasteiger partial charge in [-0.15, -0.1) is 11.8 Å². The first kappa shape index (κ1) is 19.8. The molecule has 0 fully saturated rings. The number of amides is 1. The van der Waals surface area contributed by atoms with Crippen molar-refractivity contribution in [3.8, 4) is 6.07 Å². The molecule has 2 rings (SSSR count). The lowest BCUT2D eigenvalue weighted by Gasteiger charge is -2.17. The van der Waals surface area contributed by atoms with E-state index >= 15 is 0 Å². The molecule has 0 saturated carbocycles. The predicted molar refractivity (Wildman–Crippen MR) is 102 cm³/mol. The molecule has 0 spiro atoms. The molecule has 0 radical (unpaired) electrons. The van der Waals surface area contributed by atoms with E-state index in [9.17, 15) is 9.59 Å². The van der Waals surface area contributed by atoms with Gasteiger partial charge in [0.15, 0.2) is 6.10 Å². The molecule has 0 saturated heterocycles. The lowest BCUT2D eigenvalue weighted by Crippen LogP contribution is -2.32. The Labute approximate surface area is 161 Å². The SMILES string of the molecule is C[C@@H](OC(=O)[C@@H](C)Sc1ccc(Cl)cc1)C(=O)Nc1ccccc1C#N. The Morgan fingerprint density at radius 1 is 1.15 bits per heavy atom. The van der Waals surface area contributed by atoms with Crippen LogP contribution in [0.25, 0.3) is 0 Å². The Morgan fingerprint density at radius 2 is 1.81 bits per heavy atom. The molecule has 0 unspecified atom stereocenters. The van der Waals surface area contributed by atoms with Gasteiger partial charge in [0, 0.05) is 9.92 Å². The lowest BCUT2D eigenvalue weighted by atomic mass is 10.2. The summed E-state index contributed by atoms with van der Waals surface area (Å²) in [7, 11) is 0. The zero-order valence-electron chi connectivity index (χ0n) is 14.2. The Balaban J connectivity index is 1.92. The Morgan fingerprint density at radius 3 is 2.46 bits per heavy atom. The van der Waals surface area contributed by atoms with Crippen molar-refractivity contribution in [1.82, 2.24) is 0 Å². The summed E-state index contributed by atoms with van der Waals surface area (Å²) < 4.78 is 5.23. The van der Waals surface area contributed by atoms with Gasteiger partial charge in [-0.3, -0.25) is 9.59 Å². The van der Waals surface area contributed by atoms with Gasteiger partial charge in [-0.05, 0) is 50.2 Å². The molecule has 0 aliphatic rings. The number of ether oxygens (including phenoxy) is 1. The van der Waals surface area contributed by atoms with E-state index in [0.717, 1.165) is 4.90 Å². The first-order valence-corrected chi connectivity index (χ1v) is 9.09. The van der Waals surface area contributed by atoms with Crippen LogP contribution in [0.5, 0.6) is 0 Å². The Hall–Kier alpha value is -2.49. The topological polar surface area (TPSA) is 79.2 Å². The van der Waals surface area contributed by atoms with E-state index in [0.29, 0.717) is 16.3 Å². The van der Waals surface area contributed by atoms with Crippen LogP contribution in [0.15, 0.2) is 53.4 Å².